The lowest BCUT2D eigenvalue weighted by Gasteiger charge is -2.33. The lowest BCUT2D eigenvalue weighted by molar-refractivity contribution is -0.116. The van der Waals surface area contributed by atoms with Gasteiger partial charge in [0.2, 0.25) is 15.9 Å². The van der Waals surface area contributed by atoms with Gasteiger partial charge in [-0.3, -0.25) is 4.79 Å². The van der Waals surface area contributed by atoms with Gasteiger partial charge in [-0.2, -0.15) is 4.31 Å². The number of likely N-dealkylation sites (N-methyl/N-ethyl adjacent to an activating group) is 1. The third kappa shape index (κ3) is 4.97. The van der Waals surface area contributed by atoms with Crippen molar-refractivity contribution in [3.05, 3.63) is 48.4 Å². The molecular weight excluding hydrogens is 366 g/mol. The summed E-state index contributed by atoms with van der Waals surface area (Å²) < 4.78 is 32.5. The highest BCUT2D eigenvalue weighted by atomic mass is 32.2. The van der Waals surface area contributed by atoms with Crippen LogP contribution in [0, 0.1) is 0 Å². The summed E-state index contributed by atoms with van der Waals surface area (Å²) in [5, 5.41) is 2.76. The summed E-state index contributed by atoms with van der Waals surface area (Å²) in [5.41, 5.74) is 0.479. The summed E-state index contributed by atoms with van der Waals surface area (Å²) in [6, 6.07) is 10.0. The molecule has 1 aromatic carbocycles. The number of furan rings is 1. The van der Waals surface area contributed by atoms with Crippen LogP contribution in [0.1, 0.15) is 19.1 Å². The first kappa shape index (κ1) is 19.6. The first-order valence-electron chi connectivity index (χ1n) is 9.14. The molecule has 1 saturated heterocycles. The minimum absolute atomic E-state index is 0.183. The van der Waals surface area contributed by atoms with Crippen molar-refractivity contribution in [2.24, 2.45) is 0 Å². The average molecular weight is 391 g/mol. The average Bonchev–Trinajstić information content (AvgIpc) is 3.20. The molecule has 2 heterocycles. The molecule has 1 aliphatic rings. The van der Waals surface area contributed by atoms with E-state index in [0.717, 1.165) is 25.4 Å². The largest absolute Gasteiger partial charge is 0.469 e. The Morgan fingerprint density at radius 2 is 1.93 bits per heavy atom. The molecule has 8 heteroatoms. The molecule has 1 amide bonds. The Labute approximate surface area is 160 Å². The first-order valence-corrected chi connectivity index (χ1v) is 10.6. The quantitative estimate of drug-likeness (QED) is 0.782. The number of benzene rings is 1. The van der Waals surface area contributed by atoms with Gasteiger partial charge >= 0.3 is 0 Å². The van der Waals surface area contributed by atoms with E-state index in [1.54, 1.807) is 30.5 Å². The lowest BCUT2D eigenvalue weighted by atomic mass is 10.2. The molecule has 1 aromatic heterocycles. The minimum atomic E-state index is -3.56. The summed E-state index contributed by atoms with van der Waals surface area (Å²) >= 11 is 0. The maximum Gasteiger partial charge on any atom is 0.243 e. The van der Waals surface area contributed by atoms with Crippen molar-refractivity contribution >= 4 is 21.6 Å². The molecule has 7 nitrogen and oxygen atoms in total. The molecule has 146 valence electrons. The van der Waals surface area contributed by atoms with Gasteiger partial charge in [0, 0.05) is 44.7 Å². The SMILES string of the molecule is CCN1CCN(S(=O)(=O)c2cccc(NC(=O)CCc3ccco3)c2)CC1. The van der Waals surface area contributed by atoms with Gasteiger partial charge in [0.25, 0.3) is 0 Å². The molecule has 0 atom stereocenters. The van der Waals surface area contributed by atoms with Crippen LogP contribution in [-0.4, -0.2) is 56.3 Å². The Balaban J connectivity index is 1.63. The van der Waals surface area contributed by atoms with Crippen molar-refractivity contribution in [1.82, 2.24) is 9.21 Å². The highest BCUT2D eigenvalue weighted by Crippen LogP contribution is 2.21. The van der Waals surface area contributed by atoms with Crippen LogP contribution >= 0.6 is 0 Å². The van der Waals surface area contributed by atoms with E-state index in [4.69, 9.17) is 4.42 Å². The molecule has 0 spiro atoms. The molecule has 0 bridgehead atoms. The highest BCUT2D eigenvalue weighted by molar-refractivity contribution is 7.89. The van der Waals surface area contributed by atoms with Crippen LogP contribution in [-0.2, 0) is 21.2 Å². The number of carbonyl (C=O) groups excluding carboxylic acids is 1. The molecule has 0 unspecified atom stereocenters. The number of sulfonamides is 1. The summed E-state index contributed by atoms with van der Waals surface area (Å²) in [5.74, 6) is 0.560. The monoisotopic (exact) mass is 391 g/mol. The Bertz CT molecular complexity index is 857. The normalized spacial score (nSPS) is 16.3. The number of carbonyl (C=O) groups is 1. The van der Waals surface area contributed by atoms with Gasteiger partial charge in [-0.25, -0.2) is 8.42 Å². The number of hydrogen-bond donors (Lipinski definition) is 1. The van der Waals surface area contributed by atoms with Crippen LogP contribution in [0.3, 0.4) is 0 Å². The molecule has 0 aliphatic carbocycles. The van der Waals surface area contributed by atoms with Gasteiger partial charge in [-0.15, -0.1) is 0 Å². The number of hydrogen-bond acceptors (Lipinski definition) is 5. The molecule has 2 aromatic rings. The van der Waals surface area contributed by atoms with Crippen molar-refractivity contribution in [1.29, 1.82) is 0 Å². The van der Waals surface area contributed by atoms with Crippen LogP contribution in [0.25, 0.3) is 0 Å². The number of piperazine rings is 1. The lowest BCUT2D eigenvalue weighted by Crippen LogP contribution is -2.48. The Hall–Kier alpha value is -2.16. The third-order valence-electron chi connectivity index (χ3n) is 4.71. The topological polar surface area (TPSA) is 82.9 Å². The Morgan fingerprint density at radius 3 is 2.59 bits per heavy atom. The number of rotatable bonds is 7. The van der Waals surface area contributed by atoms with E-state index in [2.05, 4.69) is 17.1 Å². The summed E-state index contributed by atoms with van der Waals surface area (Å²) in [6.45, 7) is 5.43. The zero-order chi connectivity index (χ0) is 19.3. The summed E-state index contributed by atoms with van der Waals surface area (Å²) in [7, 11) is -3.56. The van der Waals surface area contributed by atoms with Crippen molar-refractivity contribution in [3.63, 3.8) is 0 Å². The standard InChI is InChI=1S/C19H25N3O4S/c1-2-21-10-12-22(13-11-21)27(24,25)18-7-3-5-16(15-18)20-19(23)9-8-17-6-4-14-26-17/h3-7,14-15H,2,8-13H2,1H3,(H,20,23). The van der Waals surface area contributed by atoms with Crippen LogP contribution in [0.15, 0.2) is 52.0 Å². The van der Waals surface area contributed by atoms with E-state index >= 15 is 0 Å². The van der Waals surface area contributed by atoms with E-state index in [9.17, 15) is 13.2 Å². The minimum Gasteiger partial charge on any atom is -0.469 e. The van der Waals surface area contributed by atoms with Crippen molar-refractivity contribution in [2.75, 3.05) is 38.0 Å². The van der Waals surface area contributed by atoms with Gasteiger partial charge in [0.15, 0.2) is 0 Å². The second kappa shape index (κ2) is 8.69. The summed E-state index contributed by atoms with van der Waals surface area (Å²) in [6.07, 6.45) is 2.34. The van der Waals surface area contributed by atoms with Gasteiger partial charge in [0.05, 0.1) is 11.2 Å². The van der Waals surface area contributed by atoms with Crippen LogP contribution in [0.2, 0.25) is 0 Å². The first-order chi connectivity index (χ1) is 13.0. The zero-order valence-electron chi connectivity index (χ0n) is 15.4. The smallest absolute Gasteiger partial charge is 0.243 e. The van der Waals surface area contributed by atoms with E-state index in [1.807, 2.05) is 6.07 Å². The fourth-order valence-corrected chi connectivity index (χ4v) is 4.55. The Morgan fingerprint density at radius 1 is 1.15 bits per heavy atom. The number of nitrogens with zero attached hydrogens (tertiary/aromatic N) is 2. The number of nitrogens with one attached hydrogen (secondary N) is 1. The van der Waals surface area contributed by atoms with Crippen LogP contribution in [0.5, 0.6) is 0 Å². The van der Waals surface area contributed by atoms with E-state index in [-0.39, 0.29) is 17.2 Å². The highest BCUT2D eigenvalue weighted by Gasteiger charge is 2.28. The molecular formula is C19H25N3O4S. The zero-order valence-corrected chi connectivity index (χ0v) is 16.2. The van der Waals surface area contributed by atoms with Gasteiger partial charge in [-0.05, 0) is 36.9 Å². The van der Waals surface area contributed by atoms with E-state index in [1.165, 1.54) is 10.4 Å². The molecule has 1 aliphatic heterocycles. The van der Waals surface area contributed by atoms with Crippen molar-refractivity contribution in [3.8, 4) is 0 Å². The fraction of sp³-hybridized carbons (Fsp3) is 0.421. The van der Waals surface area contributed by atoms with Gasteiger partial charge in [0.1, 0.15) is 5.76 Å². The van der Waals surface area contributed by atoms with E-state index in [0.29, 0.717) is 25.2 Å². The van der Waals surface area contributed by atoms with E-state index < -0.39 is 10.0 Å². The maximum absolute atomic E-state index is 12.9. The van der Waals surface area contributed by atoms with Crippen molar-refractivity contribution < 1.29 is 17.6 Å². The number of anilines is 1. The predicted octanol–water partition coefficient (Wildman–Crippen LogP) is 2.18. The number of aryl methyl sites for hydroxylation is 1. The van der Waals surface area contributed by atoms with Crippen LogP contribution in [0.4, 0.5) is 5.69 Å². The maximum atomic E-state index is 12.9. The molecule has 0 saturated carbocycles. The Kier molecular flexibility index (Phi) is 6.30. The van der Waals surface area contributed by atoms with Gasteiger partial charge in [-0.1, -0.05) is 13.0 Å². The second-order valence-electron chi connectivity index (χ2n) is 6.49. The molecule has 1 fully saturated rings. The predicted molar refractivity (Wildman–Crippen MR) is 103 cm³/mol. The fourth-order valence-electron chi connectivity index (χ4n) is 3.08. The molecule has 0 radical (unpaired) electrons. The van der Waals surface area contributed by atoms with Gasteiger partial charge < -0.3 is 14.6 Å². The molecule has 27 heavy (non-hydrogen) atoms. The third-order valence-corrected chi connectivity index (χ3v) is 6.61. The molecule has 3 rings (SSSR count). The van der Waals surface area contributed by atoms with Crippen LogP contribution < -0.4 is 5.32 Å². The number of amides is 1. The van der Waals surface area contributed by atoms with Crippen molar-refractivity contribution in [2.45, 2.75) is 24.7 Å². The summed E-state index contributed by atoms with van der Waals surface area (Å²) in [4.78, 5) is 14.6. The molecule has 1 N–H and O–H groups in total. The second-order valence-corrected chi connectivity index (χ2v) is 8.43.